The predicted octanol–water partition coefficient (Wildman–Crippen LogP) is 4.23. The van der Waals surface area contributed by atoms with E-state index in [1.54, 1.807) is 23.5 Å². The fourth-order valence-electron chi connectivity index (χ4n) is 3.43. The molecule has 1 aromatic heterocycles. The maximum absolute atomic E-state index is 13.9. The maximum Gasteiger partial charge on any atom is 0.223 e. The van der Waals surface area contributed by atoms with Crippen LogP contribution in [-0.4, -0.2) is 42.0 Å². The summed E-state index contributed by atoms with van der Waals surface area (Å²) in [4.78, 5) is 21.1. The zero-order valence-electron chi connectivity index (χ0n) is 15.6. The molecule has 2 aromatic carbocycles. The number of carbonyl (C=O) groups is 1. The van der Waals surface area contributed by atoms with Gasteiger partial charge in [0.1, 0.15) is 10.8 Å². The number of carbonyl (C=O) groups excluding carboxylic acids is 1. The van der Waals surface area contributed by atoms with Gasteiger partial charge in [-0.1, -0.05) is 42.5 Å². The minimum atomic E-state index is -0.208. The van der Waals surface area contributed by atoms with Crippen LogP contribution >= 0.6 is 11.3 Å². The van der Waals surface area contributed by atoms with Crippen molar-refractivity contribution in [2.45, 2.75) is 12.8 Å². The van der Waals surface area contributed by atoms with E-state index in [0.717, 1.165) is 16.3 Å². The molecule has 4 rings (SSSR count). The molecule has 1 fully saturated rings. The summed E-state index contributed by atoms with van der Waals surface area (Å²) < 4.78 is 13.9. The Kier molecular flexibility index (Phi) is 5.67. The van der Waals surface area contributed by atoms with Crippen LogP contribution in [0.25, 0.3) is 10.6 Å². The zero-order chi connectivity index (χ0) is 19.3. The number of anilines is 1. The van der Waals surface area contributed by atoms with Crippen LogP contribution in [0.5, 0.6) is 0 Å². The van der Waals surface area contributed by atoms with Crippen molar-refractivity contribution in [3.05, 3.63) is 71.5 Å². The molecular formula is C22H22FN3OS. The normalized spacial score (nSPS) is 14.3. The third-order valence-electron chi connectivity index (χ3n) is 4.99. The second kappa shape index (κ2) is 8.52. The lowest BCUT2D eigenvalue weighted by molar-refractivity contribution is -0.131. The lowest BCUT2D eigenvalue weighted by atomic mass is 10.2. The smallest absolute Gasteiger partial charge is 0.223 e. The summed E-state index contributed by atoms with van der Waals surface area (Å²) in [6, 6.07) is 16.9. The van der Waals surface area contributed by atoms with Crippen LogP contribution in [0, 0.1) is 5.82 Å². The van der Waals surface area contributed by atoms with Crippen molar-refractivity contribution in [2.75, 3.05) is 31.1 Å². The summed E-state index contributed by atoms with van der Waals surface area (Å²) >= 11 is 1.61. The lowest BCUT2D eigenvalue weighted by Gasteiger charge is -2.36. The van der Waals surface area contributed by atoms with E-state index in [4.69, 9.17) is 0 Å². The summed E-state index contributed by atoms with van der Waals surface area (Å²) in [5, 5.41) is 3.02. The Bertz CT molecular complexity index is 936. The standard InChI is InChI=1S/C22H22FN3OS/c23-19-8-4-5-9-20(19)25-12-14-26(15-13-25)21(27)11-10-18-16-28-22(24-18)17-6-2-1-3-7-17/h1-9,16H,10-15H2. The third kappa shape index (κ3) is 4.22. The summed E-state index contributed by atoms with van der Waals surface area (Å²) in [6.45, 7) is 2.56. The van der Waals surface area contributed by atoms with Crippen LogP contribution in [0.1, 0.15) is 12.1 Å². The van der Waals surface area contributed by atoms with Crippen LogP contribution in [0.4, 0.5) is 10.1 Å². The van der Waals surface area contributed by atoms with E-state index in [0.29, 0.717) is 44.7 Å². The molecule has 6 heteroatoms. The highest BCUT2D eigenvalue weighted by atomic mass is 32.1. The van der Waals surface area contributed by atoms with Gasteiger partial charge in [-0.25, -0.2) is 9.37 Å². The molecule has 1 amide bonds. The predicted molar refractivity (Wildman–Crippen MR) is 111 cm³/mol. The molecule has 4 nitrogen and oxygen atoms in total. The number of piperazine rings is 1. The molecule has 144 valence electrons. The van der Waals surface area contributed by atoms with Crippen molar-refractivity contribution in [3.8, 4) is 10.6 Å². The molecule has 1 saturated heterocycles. The van der Waals surface area contributed by atoms with Gasteiger partial charge in [-0.2, -0.15) is 0 Å². The lowest BCUT2D eigenvalue weighted by Crippen LogP contribution is -2.49. The second-order valence-electron chi connectivity index (χ2n) is 6.83. The summed E-state index contributed by atoms with van der Waals surface area (Å²) in [5.74, 6) is -0.0672. The van der Waals surface area contributed by atoms with Gasteiger partial charge in [-0.05, 0) is 18.6 Å². The van der Waals surface area contributed by atoms with Crippen molar-refractivity contribution >= 4 is 22.9 Å². The van der Waals surface area contributed by atoms with Crippen molar-refractivity contribution < 1.29 is 9.18 Å². The van der Waals surface area contributed by atoms with E-state index in [1.807, 2.05) is 51.6 Å². The van der Waals surface area contributed by atoms with Gasteiger partial charge >= 0.3 is 0 Å². The molecule has 0 N–H and O–H groups in total. The van der Waals surface area contributed by atoms with Crippen molar-refractivity contribution in [1.82, 2.24) is 9.88 Å². The van der Waals surface area contributed by atoms with Crippen molar-refractivity contribution in [2.24, 2.45) is 0 Å². The summed E-state index contributed by atoms with van der Waals surface area (Å²) in [7, 11) is 0. The molecule has 3 aromatic rings. The minimum Gasteiger partial charge on any atom is -0.366 e. The van der Waals surface area contributed by atoms with Gasteiger partial charge in [0, 0.05) is 43.5 Å². The maximum atomic E-state index is 13.9. The number of aryl methyl sites for hydroxylation is 1. The first-order chi connectivity index (χ1) is 13.7. The second-order valence-corrected chi connectivity index (χ2v) is 7.69. The molecular weight excluding hydrogens is 373 g/mol. The number of nitrogens with zero attached hydrogens (tertiary/aromatic N) is 3. The van der Waals surface area contributed by atoms with Gasteiger partial charge in [0.15, 0.2) is 0 Å². The van der Waals surface area contributed by atoms with E-state index < -0.39 is 0 Å². The molecule has 0 spiro atoms. The molecule has 0 unspecified atom stereocenters. The number of halogens is 1. The number of hydrogen-bond donors (Lipinski definition) is 0. The van der Waals surface area contributed by atoms with Crippen molar-refractivity contribution in [3.63, 3.8) is 0 Å². The highest BCUT2D eigenvalue weighted by molar-refractivity contribution is 7.13. The van der Waals surface area contributed by atoms with Gasteiger partial charge in [0.2, 0.25) is 5.91 Å². The Morgan fingerprint density at radius 2 is 1.71 bits per heavy atom. The average Bonchev–Trinajstić information content (AvgIpc) is 3.22. The molecule has 0 bridgehead atoms. The number of hydrogen-bond acceptors (Lipinski definition) is 4. The molecule has 1 aliphatic rings. The fraction of sp³-hybridized carbons (Fsp3) is 0.273. The van der Waals surface area contributed by atoms with E-state index in [2.05, 4.69) is 4.98 Å². The first-order valence-electron chi connectivity index (χ1n) is 9.48. The molecule has 1 aliphatic heterocycles. The van der Waals surface area contributed by atoms with E-state index in [9.17, 15) is 9.18 Å². The Hall–Kier alpha value is -2.73. The molecule has 0 atom stereocenters. The highest BCUT2D eigenvalue weighted by Crippen LogP contribution is 2.24. The van der Waals surface area contributed by atoms with Gasteiger partial charge in [-0.15, -0.1) is 11.3 Å². The fourth-order valence-corrected chi connectivity index (χ4v) is 4.29. The quantitative estimate of drug-likeness (QED) is 0.649. The van der Waals surface area contributed by atoms with E-state index >= 15 is 0 Å². The molecule has 0 saturated carbocycles. The third-order valence-corrected chi connectivity index (χ3v) is 5.93. The SMILES string of the molecule is O=C(CCc1csc(-c2ccccc2)n1)N1CCN(c2ccccc2F)CC1. The number of benzene rings is 2. The summed E-state index contributed by atoms with van der Waals surface area (Å²) in [5.41, 5.74) is 2.68. The van der Waals surface area contributed by atoms with Crippen LogP contribution < -0.4 is 4.90 Å². The monoisotopic (exact) mass is 395 g/mol. The van der Waals surface area contributed by atoms with Gasteiger partial charge in [0.05, 0.1) is 11.4 Å². The Morgan fingerprint density at radius 1 is 1.00 bits per heavy atom. The van der Waals surface area contributed by atoms with Crippen LogP contribution in [0.15, 0.2) is 60.0 Å². The highest BCUT2D eigenvalue weighted by Gasteiger charge is 2.22. The Labute approximate surface area is 168 Å². The van der Waals surface area contributed by atoms with Crippen LogP contribution in [0.3, 0.4) is 0 Å². The van der Waals surface area contributed by atoms with Gasteiger partial charge in [0.25, 0.3) is 0 Å². The van der Waals surface area contributed by atoms with Crippen molar-refractivity contribution in [1.29, 1.82) is 0 Å². The average molecular weight is 396 g/mol. The zero-order valence-corrected chi connectivity index (χ0v) is 16.4. The number of thiazole rings is 1. The Balaban J connectivity index is 1.28. The number of amides is 1. The van der Waals surface area contributed by atoms with E-state index in [1.165, 1.54) is 6.07 Å². The Morgan fingerprint density at radius 3 is 2.46 bits per heavy atom. The van der Waals surface area contributed by atoms with Crippen LogP contribution in [-0.2, 0) is 11.2 Å². The van der Waals surface area contributed by atoms with Gasteiger partial charge < -0.3 is 9.80 Å². The molecule has 2 heterocycles. The topological polar surface area (TPSA) is 36.4 Å². The first kappa shape index (κ1) is 18.6. The number of para-hydroxylation sites is 1. The molecule has 0 radical (unpaired) electrons. The number of rotatable bonds is 5. The van der Waals surface area contributed by atoms with E-state index in [-0.39, 0.29) is 11.7 Å². The minimum absolute atomic E-state index is 0.141. The first-order valence-corrected chi connectivity index (χ1v) is 10.4. The molecule has 0 aliphatic carbocycles. The largest absolute Gasteiger partial charge is 0.366 e. The molecule has 28 heavy (non-hydrogen) atoms. The number of aromatic nitrogens is 1. The van der Waals surface area contributed by atoms with Crippen LogP contribution in [0.2, 0.25) is 0 Å². The summed E-state index contributed by atoms with van der Waals surface area (Å²) in [6.07, 6.45) is 1.10. The van der Waals surface area contributed by atoms with Gasteiger partial charge in [-0.3, -0.25) is 4.79 Å².